The minimum absolute atomic E-state index is 0.0766. The van der Waals surface area contributed by atoms with Gasteiger partial charge in [-0.25, -0.2) is 0 Å². The Hall–Kier alpha value is -0.310. The van der Waals surface area contributed by atoms with Gasteiger partial charge in [-0.1, -0.05) is 0 Å². The quantitative estimate of drug-likeness (QED) is 0.542. The first-order valence-corrected chi connectivity index (χ1v) is 5.84. The topological polar surface area (TPSA) is 26.3 Å². The summed E-state index contributed by atoms with van der Waals surface area (Å²) in [6, 6.07) is 2.93. The second-order valence-electron chi connectivity index (χ2n) is 2.84. The summed E-state index contributed by atoms with van der Waals surface area (Å²) in [5.41, 5.74) is -0.0766. The van der Waals surface area contributed by atoms with Gasteiger partial charge in [-0.05, 0) is 57.6 Å². The molecule has 1 aromatic carbocycles. The second kappa shape index (κ2) is 4.91. The van der Waals surface area contributed by atoms with Crippen molar-refractivity contribution in [1.29, 1.82) is 0 Å². The Morgan fingerprint density at radius 1 is 1.44 bits per heavy atom. The predicted molar refractivity (Wildman–Crippen MR) is 63.5 cm³/mol. The molecule has 16 heavy (non-hydrogen) atoms. The van der Waals surface area contributed by atoms with E-state index in [2.05, 4.69) is 20.7 Å². The molecule has 0 N–H and O–H groups in total. The molecule has 0 heterocycles. The van der Waals surface area contributed by atoms with Gasteiger partial charge in [0.1, 0.15) is 0 Å². The molecule has 0 saturated heterocycles. The Kier molecular flexibility index (Phi) is 4.22. The summed E-state index contributed by atoms with van der Waals surface area (Å²) in [6.07, 6.45) is -4.82. The van der Waals surface area contributed by atoms with Gasteiger partial charge in [0.05, 0.1) is 10.0 Å². The van der Waals surface area contributed by atoms with E-state index in [1.807, 2.05) is 0 Å². The number of hydrogen-bond acceptors (Lipinski definition) is 2. The minimum Gasteiger partial charge on any atom is -0.404 e. The van der Waals surface area contributed by atoms with Gasteiger partial charge in [0, 0.05) is 3.57 Å². The molecular weight excluding hydrogens is 404 g/mol. The molecule has 0 radical (unpaired) electrons. The third-order valence-corrected chi connectivity index (χ3v) is 3.15. The van der Waals surface area contributed by atoms with Gasteiger partial charge < -0.3 is 4.74 Å². The van der Waals surface area contributed by atoms with Gasteiger partial charge in [0.2, 0.25) is 0 Å². The summed E-state index contributed by atoms with van der Waals surface area (Å²) in [7, 11) is 0. The molecule has 0 atom stereocenters. The van der Waals surface area contributed by atoms with Crippen LogP contribution in [0.15, 0.2) is 16.6 Å². The second-order valence-corrected chi connectivity index (χ2v) is 4.85. The van der Waals surface area contributed by atoms with Gasteiger partial charge in [-0.15, -0.1) is 13.2 Å². The smallest absolute Gasteiger partial charge is 0.404 e. The van der Waals surface area contributed by atoms with Crippen molar-refractivity contribution in [3.8, 4) is 5.75 Å². The molecular formula is C9H5BrF3IO2. The lowest BCUT2D eigenvalue weighted by atomic mass is 10.1. The van der Waals surface area contributed by atoms with Crippen LogP contribution >= 0.6 is 38.5 Å². The highest BCUT2D eigenvalue weighted by Gasteiger charge is 2.34. The number of carbonyl (C=O) groups excluding carboxylic acids is 1. The third kappa shape index (κ3) is 3.34. The van der Waals surface area contributed by atoms with Gasteiger partial charge in [0.15, 0.2) is 11.5 Å². The molecule has 1 aromatic rings. The zero-order valence-corrected chi connectivity index (χ0v) is 11.6. The van der Waals surface area contributed by atoms with E-state index in [1.54, 1.807) is 22.6 Å². The van der Waals surface area contributed by atoms with E-state index < -0.39 is 17.9 Å². The number of Topliss-reactive ketones (excluding diaryl/α,β-unsaturated/α-hetero) is 1. The number of ketones is 1. The van der Waals surface area contributed by atoms with Crippen LogP contribution in [0.2, 0.25) is 0 Å². The fourth-order valence-corrected chi connectivity index (χ4v) is 2.29. The van der Waals surface area contributed by atoms with Crippen LogP contribution in [0.4, 0.5) is 13.2 Å². The lowest BCUT2D eigenvalue weighted by molar-refractivity contribution is -0.275. The normalized spacial score (nSPS) is 11.4. The molecule has 88 valence electrons. The van der Waals surface area contributed by atoms with E-state index in [0.717, 1.165) is 0 Å². The first-order chi connectivity index (χ1) is 7.22. The van der Waals surface area contributed by atoms with Crippen LogP contribution < -0.4 is 4.74 Å². The first-order valence-electron chi connectivity index (χ1n) is 3.97. The van der Waals surface area contributed by atoms with Crippen molar-refractivity contribution < 1.29 is 22.7 Å². The molecule has 0 fully saturated rings. The van der Waals surface area contributed by atoms with Gasteiger partial charge in [-0.2, -0.15) is 0 Å². The summed E-state index contributed by atoms with van der Waals surface area (Å²) in [5.74, 6) is -0.975. The molecule has 0 saturated carbocycles. The maximum Gasteiger partial charge on any atom is 0.573 e. The monoisotopic (exact) mass is 408 g/mol. The summed E-state index contributed by atoms with van der Waals surface area (Å²) >= 11 is 4.70. The van der Waals surface area contributed by atoms with Crippen LogP contribution in [0, 0.1) is 3.57 Å². The minimum atomic E-state index is -4.82. The van der Waals surface area contributed by atoms with Gasteiger partial charge in [-0.3, -0.25) is 4.79 Å². The molecule has 0 amide bonds. The average Bonchev–Trinajstić information content (AvgIpc) is 2.08. The molecule has 2 nitrogen and oxygen atoms in total. The number of ether oxygens (including phenoxy) is 1. The first kappa shape index (κ1) is 13.8. The lowest BCUT2D eigenvalue weighted by Gasteiger charge is -2.14. The Morgan fingerprint density at radius 2 is 2.00 bits per heavy atom. The fraction of sp³-hybridized carbons (Fsp3) is 0.222. The van der Waals surface area contributed by atoms with Crippen molar-refractivity contribution in [2.45, 2.75) is 13.3 Å². The maximum atomic E-state index is 12.1. The lowest BCUT2D eigenvalue weighted by Crippen LogP contribution is -2.19. The number of halogens is 5. The van der Waals surface area contributed by atoms with Crippen molar-refractivity contribution in [1.82, 2.24) is 0 Å². The van der Waals surface area contributed by atoms with Crippen LogP contribution in [-0.4, -0.2) is 12.1 Å². The highest BCUT2D eigenvalue weighted by molar-refractivity contribution is 14.1. The standard InChI is InChI=1S/C9H5BrF3IO2/c1-4(15)7-6(14)3-2-5(10)8(7)16-9(11,12)13/h2-3H,1H3. The van der Waals surface area contributed by atoms with E-state index >= 15 is 0 Å². The van der Waals surface area contributed by atoms with E-state index in [-0.39, 0.29) is 10.0 Å². The highest BCUT2D eigenvalue weighted by Crippen LogP contribution is 2.36. The van der Waals surface area contributed by atoms with E-state index in [1.165, 1.54) is 19.1 Å². The van der Waals surface area contributed by atoms with Crippen LogP contribution in [0.25, 0.3) is 0 Å². The van der Waals surface area contributed by atoms with Crippen molar-refractivity contribution in [3.05, 3.63) is 25.7 Å². The zero-order chi connectivity index (χ0) is 12.5. The number of rotatable bonds is 2. The number of benzene rings is 1. The van der Waals surface area contributed by atoms with Crippen molar-refractivity contribution in [3.63, 3.8) is 0 Å². The molecule has 0 spiro atoms. The van der Waals surface area contributed by atoms with E-state index in [4.69, 9.17) is 0 Å². The third-order valence-electron chi connectivity index (χ3n) is 1.63. The Balaban J connectivity index is 3.35. The van der Waals surface area contributed by atoms with Gasteiger partial charge in [0.25, 0.3) is 0 Å². The van der Waals surface area contributed by atoms with E-state index in [9.17, 15) is 18.0 Å². The molecule has 0 bridgehead atoms. The average molecular weight is 409 g/mol. The van der Waals surface area contributed by atoms with E-state index in [0.29, 0.717) is 3.57 Å². The molecule has 0 aliphatic heterocycles. The predicted octanol–water partition coefficient (Wildman–Crippen LogP) is 4.15. The van der Waals surface area contributed by atoms with Crippen LogP contribution in [0.5, 0.6) is 5.75 Å². The summed E-state index contributed by atoms with van der Waals surface area (Å²) in [4.78, 5) is 11.3. The van der Waals surface area contributed by atoms with Gasteiger partial charge >= 0.3 is 6.36 Å². The van der Waals surface area contributed by atoms with Crippen molar-refractivity contribution in [2.75, 3.05) is 0 Å². The fourth-order valence-electron chi connectivity index (χ4n) is 1.08. The highest BCUT2D eigenvalue weighted by atomic mass is 127. The number of alkyl halides is 3. The summed E-state index contributed by atoms with van der Waals surface area (Å²) in [5, 5.41) is 0. The molecule has 0 aliphatic carbocycles. The maximum absolute atomic E-state index is 12.1. The molecule has 0 unspecified atom stereocenters. The molecule has 0 aliphatic rings. The summed E-state index contributed by atoms with van der Waals surface area (Å²) < 4.78 is 40.8. The Labute approximate surface area is 111 Å². The number of carbonyl (C=O) groups is 1. The largest absolute Gasteiger partial charge is 0.573 e. The molecule has 0 aromatic heterocycles. The Bertz CT molecular complexity index is 431. The number of hydrogen-bond donors (Lipinski definition) is 0. The van der Waals surface area contributed by atoms with Crippen LogP contribution in [0.1, 0.15) is 17.3 Å². The van der Waals surface area contributed by atoms with Crippen molar-refractivity contribution >= 4 is 44.3 Å². The van der Waals surface area contributed by atoms with Crippen LogP contribution in [0.3, 0.4) is 0 Å². The van der Waals surface area contributed by atoms with Crippen molar-refractivity contribution in [2.24, 2.45) is 0 Å². The SMILES string of the molecule is CC(=O)c1c(I)ccc(Br)c1OC(F)(F)F. The molecule has 1 rings (SSSR count). The van der Waals surface area contributed by atoms with Crippen LogP contribution in [-0.2, 0) is 0 Å². The zero-order valence-electron chi connectivity index (χ0n) is 7.86. The summed E-state index contributed by atoms with van der Waals surface area (Å²) in [6.45, 7) is 1.19. The molecule has 7 heteroatoms. The Morgan fingerprint density at radius 3 is 2.44 bits per heavy atom.